The van der Waals surface area contributed by atoms with Crippen LogP contribution in [0.25, 0.3) is 0 Å². The van der Waals surface area contributed by atoms with Crippen LogP contribution in [0.5, 0.6) is 0 Å². The lowest BCUT2D eigenvalue weighted by atomic mass is 9.89. The Kier molecular flexibility index (Phi) is 6.08. The van der Waals surface area contributed by atoms with E-state index in [1.165, 1.54) is 25.7 Å². The Morgan fingerprint density at radius 1 is 1.17 bits per heavy atom. The van der Waals surface area contributed by atoms with Crippen molar-refractivity contribution in [2.45, 2.75) is 53.4 Å². The molecular weight excluding hydrogens is 164 g/mol. The topological polar surface area (TPSA) is 0 Å². The molecule has 12 heavy (non-hydrogen) atoms. The number of hydrogen-bond acceptors (Lipinski definition) is 1. The van der Waals surface area contributed by atoms with Crippen LogP contribution in [0.4, 0.5) is 0 Å². The van der Waals surface area contributed by atoms with Gasteiger partial charge in [0.15, 0.2) is 0 Å². The summed E-state index contributed by atoms with van der Waals surface area (Å²) in [5, 5.41) is 0. The van der Waals surface area contributed by atoms with Gasteiger partial charge in [0, 0.05) is 0 Å². The molecule has 0 heterocycles. The van der Waals surface area contributed by atoms with Gasteiger partial charge >= 0.3 is 0 Å². The van der Waals surface area contributed by atoms with E-state index >= 15 is 0 Å². The van der Waals surface area contributed by atoms with Gasteiger partial charge in [0.05, 0.1) is 0 Å². The first-order chi connectivity index (χ1) is 5.45. The van der Waals surface area contributed by atoms with Crippen molar-refractivity contribution >= 4 is 12.6 Å². The Balaban J connectivity index is 3.22. The zero-order chi connectivity index (χ0) is 9.61. The van der Waals surface area contributed by atoms with Gasteiger partial charge in [-0.25, -0.2) is 0 Å². The van der Waals surface area contributed by atoms with Gasteiger partial charge in [0.25, 0.3) is 0 Å². The van der Waals surface area contributed by atoms with Crippen molar-refractivity contribution in [3.63, 3.8) is 0 Å². The molecule has 0 aliphatic carbocycles. The zero-order valence-electron chi connectivity index (χ0n) is 9.06. The Bertz CT molecular complexity index is 102. The normalized spacial score (nSPS) is 14.8. The Hall–Kier alpha value is 0.350. The summed E-state index contributed by atoms with van der Waals surface area (Å²) in [6.07, 6.45) is 5.45. The standard InChI is InChI=1S/C11H24S/c1-10(9-12)7-5-6-8-11(2,3)4/h10,12H,5-9H2,1-4H3. The van der Waals surface area contributed by atoms with Gasteiger partial charge in [-0.05, 0) is 29.9 Å². The second-order valence-corrected chi connectivity index (χ2v) is 5.46. The maximum absolute atomic E-state index is 4.27. The van der Waals surface area contributed by atoms with Gasteiger partial charge in [-0.2, -0.15) is 12.6 Å². The lowest BCUT2D eigenvalue weighted by molar-refractivity contribution is 0.352. The Morgan fingerprint density at radius 2 is 1.75 bits per heavy atom. The predicted molar refractivity (Wildman–Crippen MR) is 60.9 cm³/mol. The molecule has 1 atom stereocenters. The van der Waals surface area contributed by atoms with Crippen LogP contribution in [0.1, 0.15) is 53.4 Å². The van der Waals surface area contributed by atoms with Crippen LogP contribution >= 0.6 is 12.6 Å². The van der Waals surface area contributed by atoms with E-state index < -0.39 is 0 Å². The number of rotatable bonds is 5. The summed E-state index contributed by atoms with van der Waals surface area (Å²) in [5.74, 6) is 1.84. The summed E-state index contributed by atoms with van der Waals surface area (Å²) in [7, 11) is 0. The molecule has 0 bridgehead atoms. The highest BCUT2D eigenvalue weighted by molar-refractivity contribution is 7.80. The lowest BCUT2D eigenvalue weighted by Crippen LogP contribution is -2.04. The average Bonchev–Trinajstić information content (AvgIpc) is 1.96. The molecule has 0 aromatic rings. The average molecular weight is 188 g/mol. The molecule has 0 aliphatic heterocycles. The second-order valence-electron chi connectivity index (χ2n) is 5.09. The Labute approximate surface area is 83.5 Å². The molecule has 0 rings (SSSR count). The summed E-state index contributed by atoms with van der Waals surface area (Å²) < 4.78 is 0. The quantitative estimate of drug-likeness (QED) is 0.486. The first-order valence-electron chi connectivity index (χ1n) is 5.06. The van der Waals surface area contributed by atoms with E-state index in [-0.39, 0.29) is 0 Å². The molecule has 0 spiro atoms. The van der Waals surface area contributed by atoms with E-state index in [4.69, 9.17) is 0 Å². The molecule has 0 nitrogen and oxygen atoms in total. The van der Waals surface area contributed by atoms with Crippen LogP contribution in [0.15, 0.2) is 0 Å². The minimum atomic E-state index is 0.518. The minimum absolute atomic E-state index is 0.518. The molecule has 0 N–H and O–H groups in total. The third kappa shape index (κ3) is 8.45. The molecule has 1 unspecified atom stereocenters. The van der Waals surface area contributed by atoms with E-state index in [0.29, 0.717) is 5.41 Å². The summed E-state index contributed by atoms with van der Waals surface area (Å²) in [6.45, 7) is 9.23. The minimum Gasteiger partial charge on any atom is -0.179 e. The second kappa shape index (κ2) is 5.90. The van der Waals surface area contributed by atoms with Gasteiger partial charge in [0.1, 0.15) is 0 Å². The fourth-order valence-electron chi connectivity index (χ4n) is 1.24. The smallest absolute Gasteiger partial charge is 0.00721 e. The van der Waals surface area contributed by atoms with Gasteiger partial charge in [-0.1, -0.05) is 40.5 Å². The molecule has 0 aromatic heterocycles. The van der Waals surface area contributed by atoms with Crippen LogP contribution in [-0.2, 0) is 0 Å². The van der Waals surface area contributed by atoms with Gasteiger partial charge in [-0.15, -0.1) is 0 Å². The summed E-state index contributed by atoms with van der Waals surface area (Å²) in [4.78, 5) is 0. The van der Waals surface area contributed by atoms with Crippen molar-refractivity contribution in [2.24, 2.45) is 11.3 Å². The SMILES string of the molecule is CC(CS)CCCCC(C)(C)C. The maximum atomic E-state index is 4.27. The van der Waals surface area contributed by atoms with Crippen LogP contribution in [0, 0.1) is 11.3 Å². The molecule has 0 fully saturated rings. The van der Waals surface area contributed by atoms with Crippen LogP contribution < -0.4 is 0 Å². The van der Waals surface area contributed by atoms with E-state index in [1.54, 1.807) is 0 Å². The Morgan fingerprint density at radius 3 is 2.17 bits per heavy atom. The van der Waals surface area contributed by atoms with Crippen molar-refractivity contribution in [1.29, 1.82) is 0 Å². The summed E-state index contributed by atoms with van der Waals surface area (Å²) in [5.41, 5.74) is 0.518. The maximum Gasteiger partial charge on any atom is -0.00721 e. The van der Waals surface area contributed by atoms with E-state index in [0.717, 1.165) is 11.7 Å². The molecule has 0 aliphatic rings. The fraction of sp³-hybridized carbons (Fsp3) is 1.00. The molecule has 0 amide bonds. The fourth-order valence-corrected chi connectivity index (χ4v) is 1.42. The van der Waals surface area contributed by atoms with Gasteiger partial charge in [-0.3, -0.25) is 0 Å². The van der Waals surface area contributed by atoms with Crippen LogP contribution in [-0.4, -0.2) is 5.75 Å². The summed E-state index contributed by atoms with van der Waals surface area (Å²) >= 11 is 4.27. The third-order valence-corrected chi connectivity index (χ3v) is 2.81. The molecule has 1 heteroatoms. The molecule has 0 saturated carbocycles. The molecule has 0 saturated heterocycles. The lowest BCUT2D eigenvalue weighted by Gasteiger charge is -2.18. The highest BCUT2D eigenvalue weighted by atomic mass is 32.1. The third-order valence-electron chi connectivity index (χ3n) is 2.19. The molecule has 0 aromatic carbocycles. The monoisotopic (exact) mass is 188 g/mol. The van der Waals surface area contributed by atoms with Crippen molar-refractivity contribution in [3.05, 3.63) is 0 Å². The van der Waals surface area contributed by atoms with Crippen molar-refractivity contribution in [3.8, 4) is 0 Å². The van der Waals surface area contributed by atoms with Crippen LogP contribution in [0.2, 0.25) is 0 Å². The van der Waals surface area contributed by atoms with E-state index in [2.05, 4.69) is 40.3 Å². The highest BCUT2D eigenvalue weighted by Gasteiger charge is 2.09. The highest BCUT2D eigenvalue weighted by Crippen LogP contribution is 2.23. The predicted octanol–water partition coefficient (Wildman–Crippen LogP) is 4.16. The number of unbranched alkanes of at least 4 members (excludes halogenated alkanes) is 1. The first-order valence-corrected chi connectivity index (χ1v) is 5.70. The number of thiol groups is 1. The van der Waals surface area contributed by atoms with Crippen molar-refractivity contribution < 1.29 is 0 Å². The van der Waals surface area contributed by atoms with Crippen LogP contribution in [0.3, 0.4) is 0 Å². The number of hydrogen-bond donors (Lipinski definition) is 1. The van der Waals surface area contributed by atoms with E-state index in [1.807, 2.05) is 0 Å². The first kappa shape index (κ1) is 12.3. The van der Waals surface area contributed by atoms with E-state index in [9.17, 15) is 0 Å². The molecular formula is C11H24S. The van der Waals surface area contributed by atoms with Gasteiger partial charge < -0.3 is 0 Å². The molecule has 74 valence electrons. The van der Waals surface area contributed by atoms with Crippen molar-refractivity contribution in [1.82, 2.24) is 0 Å². The summed E-state index contributed by atoms with van der Waals surface area (Å²) in [6, 6.07) is 0. The molecule has 0 radical (unpaired) electrons. The zero-order valence-corrected chi connectivity index (χ0v) is 9.95. The van der Waals surface area contributed by atoms with Gasteiger partial charge in [0.2, 0.25) is 0 Å². The largest absolute Gasteiger partial charge is 0.179 e. The van der Waals surface area contributed by atoms with Crippen molar-refractivity contribution in [2.75, 3.05) is 5.75 Å².